The van der Waals surface area contributed by atoms with E-state index in [0.717, 1.165) is 38.0 Å². The van der Waals surface area contributed by atoms with Gasteiger partial charge < -0.3 is 20.1 Å². The van der Waals surface area contributed by atoms with Crippen LogP contribution in [0, 0.1) is 11.3 Å². The fraction of sp³-hybridized carbons (Fsp3) is 0.562. The zero-order valence-corrected chi connectivity index (χ0v) is 12.6. The van der Waals surface area contributed by atoms with Gasteiger partial charge in [0.2, 0.25) is 5.91 Å². The number of hydrogen-bond donors (Lipinski definition) is 2. The van der Waals surface area contributed by atoms with Gasteiger partial charge in [0.25, 0.3) is 0 Å². The van der Waals surface area contributed by atoms with Crippen molar-refractivity contribution in [3.63, 3.8) is 0 Å². The molecule has 1 saturated heterocycles. The van der Waals surface area contributed by atoms with Crippen molar-refractivity contribution in [3.8, 4) is 11.5 Å². The minimum atomic E-state index is 0.129. The Kier molecular flexibility index (Phi) is 3.76. The number of hydrogen-bond acceptors (Lipinski definition) is 4. The number of ether oxygens (including phenoxy) is 2. The summed E-state index contributed by atoms with van der Waals surface area (Å²) in [5, 5.41) is 6.36. The zero-order valence-electron chi connectivity index (χ0n) is 12.6. The first-order valence-corrected chi connectivity index (χ1v) is 7.42. The molecule has 1 heterocycles. The standard InChI is InChI=1S/C16H22N2O3/c1-20-13-4-3-11(9-14(13)21-2)18-15(19)12-10-16(12)5-7-17-8-6-16/h3-4,9,12,17H,5-8,10H2,1-2H3,(H,18,19). The predicted molar refractivity (Wildman–Crippen MR) is 80.8 cm³/mol. The molecule has 1 spiro atoms. The number of carbonyl (C=O) groups is 1. The van der Waals surface area contributed by atoms with Crippen LogP contribution in [0.2, 0.25) is 0 Å². The third-order valence-corrected chi connectivity index (χ3v) is 4.76. The maximum Gasteiger partial charge on any atom is 0.228 e. The van der Waals surface area contributed by atoms with Gasteiger partial charge in [-0.15, -0.1) is 0 Å². The first kappa shape index (κ1) is 14.2. The molecule has 21 heavy (non-hydrogen) atoms. The van der Waals surface area contributed by atoms with Crippen molar-refractivity contribution >= 4 is 11.6 Å². The van der Waals surface area contributed by atoms with Crippen LogP contribution in [0.25, 0.3) is 0 Å². The number of carbonyl (C=O) groups excluding carboxylic acids is 1. The van der Waals surface area contributed by atoms with Gasteiger partial charge in [0.1, 0.15) is 0 Å². The van der Waals surface area contributed by atoms with Gasteiger partial charge in [0, 0.05) is 17.7 Å². The summed E-state index contributed by atoms with van der Waals surface area (Å²) in [6, 6.07) is 5.45. The molecule has 2 N–H and O–H groups in total. The number of methoxy groups -OCH3 is 2. The van der Waals surface area contributed by atoms with Crippen molar-refractivity contribution in [2.45, 2.75) is 19.3 Å². The van der Waals surface area contributed by atoms with Gasteiger partial charge in [-0.3, -0.25) is 4.79 Å². The third-order valence-electron chi connectivity index (χ3n) is 4.76. The first-order chi connectivity index (χ1) is 10.2. The van der Waals surface area contributed by atoms with Crippen LogP contribution in [0.5, 0.6) is 11.5 Å². The number of anilines is 1. The highest BCUT2D eigenvalue weighted by molar-refractivity contribution is 5.95. The quantitative estimate of drug-likeness (QED) is 0.891. The Morgan fingerprint density at radius 2 is 1.95 bits per heavy atom. The van der Waals surface area contributed by atoms with Crippen LogP contribution in [0.4, 0.5) is 5.69 Å². The van der Waals surface area contributed by atoms with Crippen molar-refractivity contribution in [3.05, 3.63) is 18.2 Å². The lowest BCUT2D eigenvalue weighted by atomic mass is 9.92. The SMILES string of the molecule is COc1ccc(NC(=O)C2CC23CCNCC3)cc1OC. The minimum absolute atomic E-state index is 0.129. The van der Waals surface area contributed by atoms with E-state index in [1.165, 1.54) is 0 Å². The summed E-state index contributed by atoms with van der Waals surface area (Å²) in [5.74, 6) is 1.58. The number of benzene rings is 1. The molecule has 0 bridgehead atoms. The van der Waals surface area contributed by atoms with Crippen molar-refractivity contribution in [2.75, 3.05) is 32.6 Å². The van der Waals surface area contributed by atoms with Crippen LogP contribution in [-0.2, 0) is 4.79 Å². The average Bonchev–Trinajstić information content (AvgIpc) is 3.21. The number of amides is 1. The highest BCUT2D eigenvalue weighted by atomic mass is 16.5. The van der Waals surface area contributed by atoms with Gasteiger partial charge in [0.05, 0.1) is 14.2 Å². The Labute approximate surface area is 125 Å². The van der Waals surface area contributed by atoms with Crippen LogP contribution in [0.3, 0.4) is 0 Å². The van der Waals surface area contributed by atoms with Crippen LogP contribution < -0.4 is 20.1 Å². The Morgan fingerprint density at radius 3 is 2.62 bits per heavy atom. The van der Waals surface area contributed by atoms with Gasteiger partial charge in [-0.2, -0.15) is 0 Å². The van der Waals surface area contributed by atoms with Gasteiger partial charge in [0.15, 0.2) is 11.5 Å². The van der Waals surface area contributed by atoms with Gasteiger partial charge in [-0.05, 0) is 49.9 Å². The fourth-order valence-electron chi connectivity index (χ4n) is 3.34. The molecule has 5 heteroatoms. The van der Waals surface area contributed by atoms with Crippen LogP contribution >= 0.6 is 0 Å². The molecule has 114 valence electrons. The van der Waals surface area contributed by atoms with Crippen molar-refractivity contribution < 1.29 is 14.3 Å². The molecular formula is C16H22N2O3. The summed E-state index contributed by atoms with van der Waals surface area (Å²) in [6.45, 7) is 2.06. The smallest absolute Gasteiger partial charge is 0.228 e. The van der Waals surface area contributed by atoms with E-state index in [1.807, 2.05) is 12.1 Å². The van der Waals surface area contributed by atoms with E-state index >= 15 is 0 Å². The zero-order chi connectivity index (χ0) is 14.9. The van der Waals surface area contributed by atoms with Crippen molar-refractivity contribution in [2.24, 2.45) is 11.3 Å². The Bertz CT molecular complexity index is 538. The van der Waals surface area contributed by atoms with E-state index in [-0.39, 0.29) is 17.2 Å². The second kappa shape index (κ2) is 5.56. The Balaban J connectivity index is 1.66. The number of nitrogens with one attached hydrogen (secondary N) is 2. The van der Waals surface area contributed by atoms with E-state index in [4.69, 9.17) is 9.47 Å². The Morgan fingerprint density at radius 1 is 1.24 bits per heavy atom. The molecule has 2 fully saturated rings. The molecule has 1 amide bonds. The molecule has 1 aromatic rings. The molecule has 0 radical (unpaired) electrons. The maximum atomic E-state index is 12.4. The monoisotopic (exact) mass is 290 g/mol. The van der Waals surface area contributed by atoms with Crippen LogP contribution in [0.1, 0.15) is 19.3 Å². The topological polar surface area (TPSA) is 59.6 Å². The van der Waals surface area contributed by atoms with E-state index < -0.39 is 0 Å². The fourth-order valence-corrected chi connectivity index (χ4v) is 3.34. The second-order valence-corrected chi connectivity index (χ2v) is 5.93. The van der Waals surface area contributed by atoms with Gasteiger partial charge >= 0.3 is 0 Å². The van der Waals surface area contributed by atoms with Crippen LogP contribution in [-0.4, -0.2) is 33.2 Å². The molecule has 5 nitrogen and oxygen atoms in total. The van der Waals surface area contributed by atoms with E-state index in [2.05, 4.69) is 10.6 Å². The van der Waals surface area contributed by atoms with Crippen molar-refractivity contribution in [1.82, 2.24) is 5.32 Å². The highest BCUT2D eigenvalue weighted by Crippen LogP contribution is 2.58. The molecular weight excluding hydrogens is 268 g/mol. The van der Waals surface area contributed by atoms with E-state index in [0.29, 0.717) is 11.5 Å². The van der Waals surface area contributed by atoms with E-state index in [9.17, 15) is 4.79 Å². The molecule has 1 saturated carbocycles. The normalized spacial score (nSPS) is 22.7. The molecule has 2 aliphatic rings. The summed E-state index contributed by atoms with van der Waals surface area (Å²) >= 11 is 0. The lowest BCUT2D eigenvalue weighted by Crippen LogP contribution is -2.31. The summed E-state index contributed by atoms with van der Waals surface area (Å²) in [5.41, 5.74) is 1.01. The summed E-state index contributed by atoms with van der Waals surface area (Å²) < 4.78 is 10.5. The lowest BCUT2D eigenvalue weighted by Gasteiger charge is -2.23. The number of rotatable bonds is 4. The summed E-state index contributed by atoms with van der Waals surface area (Å²) in [7, 11) is 3.19. The average molecular weight is 290 g/mol. The van der Waals surface area contributed by atoms with E-state index in [1.54, 1.807) is 20.3 Å². The lowest BCUT2D eigenvalue weighted by molar-refractivity contribution is -0.118. The largest absolute Gasteiger partial charge is 0.493 e. The van der Waals surface area contributed by atoms with Gasteiger partial charge in [-0.1, -0.05) is 0 Å². The molecule has 1 aromatic carbocycles. The molecule has 3 rings (SSSR count). The Hall–Kier alpha value is -1.75. The number of piperidine rings is 1. The molecule has 1 aliphatic heterocycles. The van der Waals surface area contributed by atoms with Crippen molar-refractivity contribution in [1.29, 1.82) is 0 Å². The summed E-state index contributed by atoms with van der Waals surface area (Å²) in [4.78, 5) is 12.4. The highest BCUT2D eigenvalue weighted by Gasteiger charge is 2.57. The first-order valence-electron chi connectivity index (χ1n) is 7.42. The summed E-state index contributed by atoms with van der Waals surface area (Å²) in [6.07, 6.45) is 3.24. The van der Waals surface area contributed by atoms with Crippen LogP contribution in [0.15, 0.2) is 18.2 Å². The molecule has 1 atom stereocenters. The maximum absolute atomic E-state index is 12.4. The minimum Gasteiger partial charge on any atom is -0.493 e. The molecule has 1 aliphatic carbocycles. The molecule has 0 aromatic heterocycles. The van der Waals surface area contributed by atoms with Gasteiger partial charge in [-0.25, -0.2) is 0 Å². The second-order valence-electron chi connectivity index (χ2n) is 5.93. The third kappa shape index (κ3) is 2.70. The predicted octanol–water partition coefficient (Wildman–Crippen LogP) is 2.03. The molecule has 1 unspecified atom stereocenters.